The Kier molecular flexibility index (Phi) is 4.93. The van der Waals surface area contributed by atoms with Crippen molar-refractivity contribution in [3.8, 4) is 0 Å². The van der Waals surface area contributed by atoms with Gasteiger partial charge in [-0.3, -0.25) is 0 Å². The third-order valence-corrected chi connectivity index (χ3v) is 4.02. The van der Waals surface area contributed by atoms with Gasteiger partial charge in [0.1, 0.15) is 11.6 Å². The van der Waals surface area contributed by atoms with Crippen molar-refractivity contribution >= 4 is 22.3 Å². The quantitative estimate of drug-likeness (QED) is 0.915. The van der Waals surface area contributed by atoms with Crippen LogP contribution in [0.1, 0.15) is 0 Å². The van der Waals surface area contributed by atoms with E-state index in [1.807, 2.05) is 20.2 Å². The van der Waals surface area contributed by atoms with Crippen LogP contribution in [0.2, 0.25) is 0 Å². The molecule has 2 aromatic rings. The van der Waals surface area contributed by atoms with Gasteiger partial charge in [0.25, 0.3) is 0 Å². The molecule has 0 aliphatic carbocycles. The number of aromatic nitrogens is 1. The molecule has 1 aliphatic rings. The van der Waals surface area contributed by atoms with E-state index in [1.54, 1.807) is 12.3 Å². The summed E-state index contributed by atoms with van der Waals surface area (Å²) in [6.07, 6.45) is 1.74. The van der Waals surface area contributed by atoms with Gasteiger partial charge in [-0.25, -0.2) is 9.37 Å². The number of hydrogen-bond donors (Lipinski definition) is 1. The molecule has 0 unspecified atom stereocenters. The number of halogens is 1. The number of morpholine rings is 1. The van der Waals surface area contributed by atoms with E-state index < -0.39 is 0 Å². The van der Waals surface area contributed by atoms with Crippen molar-refractivity contribution in [2.75, 3.05) is 63.7 Å². The molecule has 0 amide bonds. The van der Waals surface area contributed by atoms with Gasteiger partial charge in [-0.05, 0) is 20.2 Å². The van der Waals surface area contributed by atoms with E-state index in [-0.39, 0.29) is 5.82 Å². The minimum Gasteiger partial charge on any atom is -0.382 e. The zero-order valence-electron chi connectivity index (χ0n) is 13.7. The van der Waals surface area contributed by atoms with Gasteiger partial charge < -0.3 is 19.9 Å². The van der Waals surface area contributed by atoms with Crippen LogP contribution in [0, 0.1) is 5.82 Å². The van der Waals surface area contributed by atoms with Gasteiger partial charge in [-0.2, -0.15) is 0 Å². The summed E-state index contributed by atoms with van der Waals surface area (Å²) >= 11 is 0. The first-order valence-corrected chi connectivity index (χ1v) is 7.95. The Hall–Kier alpha value is -1.92. The van der Waals surface area contributed by atoms with Gasteiger partial charge in [0.2, 0.25) is 0 Å². The van der Waals surface area contributed by atoms with Crippen LogP contribution < -0.4 is 10.2 Å². The number of anilines is 2. The molecular formula is C17H23FN4O. The SMILES string of the molecule is CN(C)CCNc1cnc(N2CCOCC2)c2cccc(F)c12. The molecule has 2 heterocycles. The Morgan fingerprint density at radius 2 is 2.09 bits per heavy atom. The number of pyridine rings is 1. The van der Waals surface area contributed by atoms with Gasteiger partial charge in [0, 0.05) is 37.0 Å². The van der Waals surface area contributed by atoms with Crippen LogP contribution in [0.3, 0.4) is 0 Å². The van der Waals surface area contributed by atoms with Gasteiger partial charge >= 0.3 is 0 Å². The summed E-state index contributed by atoms with van der Waals surface area (Å²) in [5, 5.41) is 4.77. The molecule has 1 fully saturated rings. The average Bonchev–Trinajstić information content (AvgIpc) is 2.55. The lowest BCUT2D eigenvalue weighted by molar-refractivity contribution is 0.122. The van der Waals surface area contributed by atoms with Crippen molar-refractivity contribution < 1.29 is 9.13 Å². The van der Waals surface area contributed by atoms with Crippen LogP contribution in [-0.2, 0) is 4.74 Å². The van der Waals surface area contributed by atoms with Crippen molar-refractivity contribution in [1.82, 2.24) is 9.88 Å². The zero-order chi connectivity index (χ0) is 16.2. The van der Waals surface area contributed by atoms with E-state index in [4.69, 9.17) is 4.74 Å². The predicted octanol–water partition coefficient (Wildman–Crippen LogP) is 2.18. The maximum absolute atomic E-state index is 14.5. The number of nitrogens with zero attached hydrogens (tertiary/aromatic N) is 3. The van der Waals surface area contributed by atoms with Crippen molar-refractivity contribution in [1.29, 1.82) is 0 Å². The van der Waals surface area contributed by atoms with Crippen molar-refractivity contribution in [3.05, 3.63) is 30.2 Å². The van der Waals surface area contributed by atoms with Gasteiger partial charge in [-0.1, -0.05) is 12.1 Å². The molecule has 3 rings (SSSR count). The number of benzene rings is 1. The largest absolute Gasteiger partial charge is 0.382 e. The fourth-order valence-electron chi connectivity index (χ4n) is 2.82. The fourth-order valence-corrected chi connectivity index (χ4v) is 2.82. The topological polar surface area (TPSA) is 40.6 Å². The molecule has 1 aromatic heterocycles. The number of rotatable bonds is 5. The van der Waals surface area contributed by atoms with E-state index in [2.05, 4.69) is 20.1 Å². The van der Waals surface area contributed by atoms with Crippen LogP contribution >= 0.6 is 0 Å². The molecule has 1 aromatic carbocycles. The molecule has 5 nitrogen and oxygen atoms in total. The molecule has 124 valence electrons. The summed E-state index contributed by atoms with van der Waals surface area (Å²) in [7, 11) is 4.03. The predicted molar refractivity (Wildman–Crippen MR) is 91.8 cm³/mol. The van der Waals surface area contributed by atoms with E-state index in [9.17, 15) is 4.39 Å². The molecule has 6 heteroatoms. The van der Waals surface area contributed by atoms with E-state index in [1.165, 1.54) is 6.07 Å². The smallest absolute Gasteiger partial charge is 0.136 e. The minimum atomic E-state index is -0.216. The summed E-state index contributed by atoms with van der Waals surface area (Å²) in [5.74, 6) is 0.618. The maximum atomic E-state index is 14.5. The van der Waals surface area contributed by atoms with Crippen LogP contribution in [0.5, 0.6) is 0 Å². The molecule has 0 saturated carbocycles. The fraction of sp³-hybridized carbons (Fsp3) is 0.471. The number of fused-ring (bicyclic) bond motifs is 1. The molecule has 1 aliphatic heterocycles. The second-order valence-electron chi connectivity index (χ2n) is 5.99. The Labute approximate surface area is 136 Å². The lowest BCUT2D eigenvalue weighted by atomic mass is 10.1. The molecule has 0 spiro atoms. The van der Waals surface area contributed by atoms with Crippen molar-refractivity contribution in [2.45, 2.75) is 0 Å². The van der Waals surface area contributed by atoms with Gasteiger partial charge in [0.15, 0.2) is 0 Å². The standard InChI is InChI=1S/C17H23FN4O/c1-21(2)7-6-19-15-12-20-17(22-8-10-23-11-9-22)13-4-3-5-14(18)16(13)15/h3-5,12,19H,6-11H2,1-2H3. The summed E-state index contributed by atoms with van der Waals surface area (Å²) in [5.41, 5.74) is 0.747. The molecule has 23 heavy (non-hydrogen) atoms. The van der Waals surface area contributed by atoms with Crippen LogP contribution in [-0.4, -0.2) is 63.4 Å². The highest BCUT2D eigenvalue weighted by Gasteiger charge is 2.18. The summed E-state index contributed by atoms with van der Waals surface area (Å²) in [4.78, 5) is 8.84. The van der Waals surface area contributed by atoms with Crippen LogP contribution in [0.15, 0.2) is 24.4 Å². The molecule has 0 bridgehead atoms. The summed E-state index contributed by atoms with van der Waals surface area (Å²) in [6, 6.07) is 5.18. The minimum absolute atomic E-state index is 0.216. The van der Waals surface area contributed by atoms with E-state index in [0.717, 1.165) is 43.1 Å². The number of likely N-dealkylation sites (N-methyl/N-ethyl adjacent to an activating group) is 1. The number of nitrogens with one attached hydrogen (secondary N) is 1. The molecule has 0 atom stereocenters. The highest BCUT2D eigenvalue weighted by molar-refractivity contribution is 6.00. The van der Waals surface area contributed by atoms with Crippen molar-refractivity contribution in [2.24, 2.45) is 0 Å². The summed E-state index contributed by atoms with van der Waals surface area (Å²) in [6.45, 7) is 4.55. The van der Waals surface area contributed by atoms with Gasteiger partial charge in [0.05, 0.1) is 25.1 Å². The first-order valence-electron chi connectivity index (χ1n) is 7.95. The number of ether oxygens (including phenoxy) is 1. The first-order chi connectivity index (χ1) is 11.2. The van der Waals surface area contributed by atoms with Gasteiger partial charge in [-0.15, -0.1) is 0 Å². The number of hydrogen-bond acceptors (Lipinski definition) is 5. The van der Waals surface area contributed by atoms with Crippen molar-refractivity contribution in [3.63, 3.8) is 0 Å². The van der Waals surface area contributed by atoms with Crippen LogP contribution in [0.4, 0.5) is 15.9 Å². The van der Waals surface area contributed by atoms with Crippen LogP contribution in [0.25, 0.3) is 10.8 Å². The normalized spacial score (nSPS) is 15.4. The molecule has 1 N–H and O–H groups in total. The highest BCUT2D eigenvalue weighted by atomic mass is 19.1. The average molecular weight is 318 g/mol. The lowest BCUT2D eigenvalue weighted by Gasteiger charge is -2.29. The maximum Gasteiger partial charge on any atom is 0.136 e. The van der Waals surface area contributed by atoms with E-state index in [0.29, 0.717) is 18.6 Å². The third kappa shape index (κ3) is 3.54. The zero-order valence-corrected chi connectivity index (χ0v) is 13.7. The highest BCUT2D eigenvalue weighted by Crippen LogP contribution is 2.32. The Morgan fingerprint density at radius 3 is 2.83 bits per heavy atom. The Bertz CT molecular complexity index is 671. The monoisotopic (exact) mass is 318 g/mol. The second-order valence-corrected chi connectivity index (χ2v) is 5.99. The third-order valence-electron chi connectivity index (χ3n) is 4.02. The molecule has 0 radical (unpaired) electrons. The lowest BCUT2D eigenvalue weighted by Crippen LogP contribution is -2.36. The molecule has 1 saturated heterocycles. The molecular weight excluding hydrogens is 295 g/mol. The second kappa shape index (κ2) is 7.10. The Morgan fingerprint density at radius 1 is 1.30 bits per heavy atom. The summed E-state index contributed by atoms with van der Waals surface area (Å²) < 4.78 is 19.9. The first kappa shape index (κ1) is 16.0. The van der Waals surface area contributed by atoms with E-state index >= 15 is 0 Å². The Balaban J connectivity index is 1.96.